The molecule has 0 aliphatic carbocycles. The maximum atomic E-state index is 4.23. The van der Waals surface area contributed by atoms with Crippen LogP contribution in [0.4, 0.5) is 5.82 Å². The summed E-state index contributed by atoms with van der Waals surface area (Å²) in [6.45, 7) is 0.701. The Labute approximate surface area is 98.9 Å². The van der Waals surface area contributed by atoms with Gasteiger partial charge in [0.15, 0.2) is 0 Å². The number of aromatic nitrogens is 3. The van der Waals surface area contributed by atoms with E-state index in [1.165, 1.54) is 2.88 Å². The molecule has 0 radical (unpaired) electrons. The van der Waals surface area contributed by atoms with E-state index in [0.29, 0.717) is 6.54 Å². The summed E-state index contributed by atoms with van der Waals surface area (Å²) in [5, 5.41) is 11.9. The summed E-state index contributed by atoms with van der Waals surface area (Å²) >= 11 is 3.93. The first-order valence-electron chi connectivity index (χ1n) is 3.96. The average Bonchev–Trinajstić information content (AvgIpc) is 2.63. The van der Waals surface area contributed by atoms with Crippen LogP contribution in [0.1, 0.15) is 5.01 Å². The number of nitrogens with one attached hydrogen (secondary N) is 1. The highest BCUT2D eigenvalue weighted by molar-refractivity contribution is 14.1. The van der Waals surface area contributed by atoms with Crippen molar-refractivity contribution in [1.29, 1.82) is 0 Å². The zero-order chi connectivity index (χ0) is 9.80. The maximum absolute atomic E-state index is 4.23. The van der Waals surface area contributed by atoms with Crippen molar-refractivity contribution in [1.82, 2.24) is 15.2 Å². The Morgan fingerprint density at radius 1 is 1.50 bits per heavy atom. The summed E-state index contributed by atoms with van der Waals surface area (Å²) in [6.07, 6.45) is 3.51. The number of halogens is 1. The van der Waals surface area contributed by atoms with Crippen molar-refractivity contribution >= 4 is 39.7 Å². The molecule has 0 aliphatic heterocycles. The molecule has 0 fully saturated rings. The van der Waals surface area contributed by atoms with Crippen molar-refractivity contribution in [2.75, 3.05) is 5.32 Å². The van der Waals surface area contributed by atoms with Gasteiger partial charge in [0.2, 0.25) is 0 Å². The Hall–Kier alpha value is -0.760. The van der Waals surface area contributed by atoms with Crippen LogP contribution in [0.15, 0.2) is 24.5 Å². The zero-order valence-corrected chi connectivity index (χ0v) is 10.1. The summed E-state index contributed by atoms with van der Waals surface area (Å²) in [6, 6.07) is 3.73. The van der Waals surface area contributed by atoms with Crippen molar-refractivity contribution in [3.63, 3.8) is 0 Å². The van der Waals surface area contributed by atoms with Gasteiger partial charge in [-0.15, -0.1) is 16.4 Å². The van der Waals surface area contributed by atoms with E-state index in [1.54, 1.807) is 17.5 Å². The van der Waals surface area contributed by atoms with Gasteiger partial charge in [-0.1, -0.05) is 0 Å². The van der Waals surface area contributed by atoms with Gasteiger partial charge >= 0.3 is 0 Å². The Bertz CT molecular complexity index is 403. The Kier molecular flexibility index (Phi) is 3.25. The van der Waals surface area contributed by atoms with Gasteiger partial charge < -0.3 is 5.32 Å². The van der Waals surface area contributed by atoms with Gasteiger partial charge in [-0.05, 0) is 34.7 Å². The SMILES string of the molecule is Ic1cnc(CNc2cccnn2)s1. The largest absolute Gasteiger partial charge is 0.362 e. The molecule has 6 heteroatoms. The number of rotatable bonds is 3. The lowest BCUT2D eigenvalue weighted by molar-refractivity contribution is 0.994. The number of hydrogen-bond donors (Lipinski definition) is 1. The van der Waals surface area contributed by atoms with E-state index >= 15 is 0 Å². The molecule has 0 saturated heterocycles. The molecular formula is C8H7IN4S. The Morgan fingerprint density at radius 2 is 2.43 bits per heavy atom. The molecule has 2 aromatic rings. The van der Waals surface area contributed by atoms with E-state index in [4.69, 9.17) is 0 Å². The molecule has 14 heavy (non-hydrogen) atoms. The topological polar surface area (TPSA) is 50.7 Å². The molecule has 2 aromatic heterocycles. The van der Waals surface area contributed by atoms with Crippen LogP contribution >= 0.6 is 33.9 Å². The molecule has 0 unspecified atom stereocenters. The number of hydrogen-bond acceptors (Lipinski definition) is 5. The van der Waals surface area contributed by atoms with Crippen molar-refractivity contribution in [2.45, 2.75) is 6.54 Å². The van der Waals surface area contributed by atoms with E-state index in [-0.39, 0.29) is 0 Å². The van der Waals surface area contributed by atoms with Gasteiger partial charge in [0.25, 0.3) is 0 Å². The molecule has 0 bridgehead atoms. The van der Waals surface area contributed by atoms with Crippen molar-refractivity contribution in [2.24, 2.45) is 0 Å². The summed E-state index contributed by atoms with van der Waals surface area (Å²) < 4.78 is 1.19. The maximum Gasteiger partial charge on any atom is 0.148 e. The van der Waals surface area contributed by atoms with Crippen LogP contribution in [-0.2, 0) is 6.54 Å². The van der Waals surface area contributed by atoms with Crippen molar-refractivity contribution in [3.05, 3.63) is 32.4 Å². The van der Waals surface area contributed by atoms with Crippen LogP contribution in [0.5, 0.6) is 0 Å². The highest BCUT2D eigenvalue weighted by Gasteiger charge is 1.99. The first-order chi connectivity index (χ1) is 6.84. The van der Waals surface area contributed by atoms with Crippen LogP contribution in [-0.4, -0.2) is 15.2 Å². The normalized spacial score (nSPS) is 10.1. The van der Waals surface area contributed by atoms with E-state index in [2.05, 4.69) is 43.1 Å². The number of nitrogens with zero attached hydrogens (tertiary/aromatic N) is 3. The van der Waals surface area contributed by atoms with E-state index in [0.717, 1.165) is 10.8 Å². The summed E-state index contributed by atoms with van der Waals surface area (Å²) in [4.78, 5) is 4.23. The molecule has 2 rings (SSSR count). The fraction of sp³-hybridized carbons (Fsp3) is 0.125. The van der Waals surface area contributed by atoms with Crippen LogP contribution < -0.4 is 5.32 Å². The molecule has 0 saturated carbocycles. The minimum atomic E-state index is 0.701. The summed E-state index contributed by atoms with van der Waals surface area (Å²) in [5.41, 5.74) is 0. The van der Waals surface area contributed by atoms with Crippen LogP contribution in [0.25, 0.3) is 0 Å². The minimum Gasteiger partial charge on any atom is -0.362 e. The first kappa shape index (κ1) is 9.78. The van der Waals surface area contributed by atoms with Gasteiger partial charge in [-0.3, -0.25) is 0 Å². The predicted octanol–water partition coefficient (Wildman–Crippen LogP) is 2.15. The van der Waals surface area contributed by atoms with E-state index in [1.807, 2.05) is 18.3 Å². The van der Waals surface area contributed by atoms with Crippen LogP contribution in [0.2, 0.25) is 0 Å². The molecule has 0 atom stereocenters. The van der Waals surface area contributed by atoms with Gasteiger partial charge in [0, 0.05) is 6.20 Å². The minimum absolute atomic E-state index is 0.701. The van der Waals surface area contributed by atoms with Crippen LogP contribution in [0.3, 0.4) is 0 Å². The summed E-state index contributed by atoms with van der Waals surface area (Å²) in [5.74, 6) is 0.776. The molecule has 0 aliphatic rings. The molecule has 0 aromatic carbocycles. The van der Waals surface area contributed by atoms with Gasteiger partial charge in [-0.25, -0.2) is 4.98 Å². The quantitative estimate of drug-likeness (QED) is 0.881. The lowest BCUT2D eigenvalue weighted by atomic mass is 10.5. The average molecular weight is 318 g/mol. The molecule has 0 amide bonds. The van der Waals surface area contributed by atoms with Gasteiger partial charge in [0.1, 0.15) is 10.8 Å². The lowest BCUT2D eigenvalue weighted by Gasteiger charge is -2.00. The molecule has 2 heterocycles. The second kappa shape index (κ2) is 4.65. The Morgan fingerprint density at radius 3 is 3.07 bits per heavy atom. The first-order valence-corrected chi connectivity index (χ1v) is 5.86. The van der Waals surface area contributed by atoms with E-state index < -0.39 is 0 Å². The van der Waals surface area contributed by atoms with Crippen LogP contribution in [0, 0.1) is 2.88 Å². The smallest absolute Gasteiger partial charge is 0.148 e. The zero-order valence-electron chi connectivity index (χ0n) is 7.14. The number of thiazole rings is 1. The third-order valence-corrected chi connectivity index (χ3v) is 3.24. The molecule has 4 nitrogen and oxygen atoms in total. The second-order valence-corrected chi connectivity index (χ2v) is 5.53. The molecule has 1 N–H and O–H groups in total. The Balaban J connectivity index is 1.95. The third kappa shape index (κ3) is 2.61. The molecule has 0 spiro atoms. The highest BCUT2D eigenvalue weighted by atomic mass is 127. The third-order valence-electron chi connectivity index (χ3n) is 1.52. The lowest BCUT2D eigenvalue weighted by Crippen LogP contribution is -2.00. The fourth-order valence-corrected chi connectivity index (χ4v) is 2.41. The van der Waals surface area contributed by atoms with E-state index in [9.17, 15) is 0 Å². The highest BCUT2D eigenvalue weighted by Crippen LogP contribution is 2.15. The van der Waals surface area contributed by atoms with Gasteiger partial charge in [-0.2, -0.15) is 5.10 Å². The monoisotopic (exact) mass is 318 g/mol. The van der Waals surface area contributed by atoms with Crippen molar-refractivity contribution in [3.8, 4) is 0 Å². The standard InChI is InChI=1S/C8H7IN4S/c9-6-4-11-8(14-6)5-10-7-2-1-3-12-13-7/h1-4H,5H2,(H,10,13). The summed E-state index contributed by atoms with van der Waals surface area (Å²) in [7, 11) is 0. The molecular weight excluding hydrogens is 311 g/mol. The molecule has 72 valence electrons. The number of anilines is 1. The van der Waals surface area contributed by atoms with Gasteiger partial charge in [0.05, 0.1) is 15.6 Å². The second-order valence-electron chi connectivity index (χ2n) is 2.52. The predicted molar refractivity (Wildman–Crippen MR) is 64.2 cm³/mol. The van der Waals surface area contributed by atoms with Crippen molar-refractivity contribution < 1.29 is 0 Å². The fourth-order valence-electron chi connectivity index (χ4n) is 0.932.